The fraction of sp³-hybridized carbons (Fsp3) is 0. The van der Waals surface area contributed by atoms with Crippen molar-refractivity contribution in [3.8, 4) is 22.8 Å². The van der Waals surface area contributed by atoms with Gasteiger partial charge < -0.3 is 9.97 Å². The van der Waals surface area contributed by atoms with Gasteiger partial charge in [0.1, 0.15) is 0 Å². The smallest absolute Gasteiger partial charge is 0.0872 e. The molecule has 3 heterocycles. The minimum absolute atomic E-state index is 0.958. The number of nitrogens with one attached hydrogen (secondary N) is 2. The molecule has 0 aliphatic heterocycles. The molecule has 0 bridgehead atoms. The second kappa shape index (κ2) is 5.04. The number of H-pyrrole nitrogens is 2. The first-order chi connectivity index (χ1) is 8.72. The standard InChI is InChI=1S/C13H9I2N3/c14-12-6-4-10(17-12)8-2-1-3-9(16-8)11-5-7-13(15)18-11/h1-7,17-18H. The summed E-state index contributed by atoms with van der Waals surface area (Å²) >= 11 is 4.52. The summed E-state index contributed by atoms with van der Waals surface area (Å²) in [5.74, 6) is 0. The zero-order valence-electron chi connectivity index (χ0n) is 9.24. The van der Waals surface area contributed by atoms with E-state index in [1.54, 1.807) is 0 Å². The van der Waals surface area contributed by atoms with Gasteiger partial charge in [0, 0.05) is 0 Å². The summed E-state index contributed by atoms with van der Waals surface area (Å²) in [6.07, 6.45) is 0. The van der Waals surface area contributed by atoms with Crippen LogP contribution in [0.2, 0.25) is 0 Å². The highest BCUT2D eigenvalue weighted by atomic mass is 127. The van der Waals surface area contributed by atoms with E-state index in [0.717, 1.165) is 30.2 Å². The van der Waals surface area contributed by atoms with E-state index in [-0.39, 0.29) is 0 Å². The molecule has 3 rings (SSSR count). The normalized spacial score (nSPS) is 10.8. The van der Waals surface area contributed by atoms with Gasteiger partial charge in [-0.3, -0.25) is 0 Å². The lowest BCUT2D eigenvalue weighted by Gasteiger charge is -2.01. The highest BCUT2D eigenvalue weighted by molar-refractivity contribution is 14.1. The summed E-state index contributed by atoms with van der Waals surface area (Å²) in [5.41, 5.74) is 4.00. The maximum atomic E-state index is 4.67. The molecule has 0 saturated carbocycles. The number of hydrogen-bond donors (Lipinski definition) is 2. The van der Waals surface area contributed by atoms with Crippen molar-refractivity contribution in [3.63, 3.8) is 0 Å². The predicted octanol–water partition coefficient (Wildman–Crippen LogP) is 4.28. The van der Waals surface area contributed by atoms with Gasteiger partial charge in [0.2, 0.25) is 0 Å². The van der Waals surface area contributed by atoms with Gasteiger partial charge in [-0.15, -0.1) is 0 Å². The van der Waals surface area contributed by atoms with E-state index in [1.807, 2.05) is 42.5 Å². The summed E-state index contributed by atoms with van der Waals surface area (Å²) in [7, 11) is 0. The molecule has 0 fully saturated rings. The third kappa shape index (κ3) is 2.46. The van der Waals surface area contributed by atoms with Crippen molar-refractivity contribution < 1.29 is 0 Å². The lowest BCUT2D eigenvalue weighted by Crippen LogP contribution is -1.88. The minimum atomic E-state index is 0.958. The Morgan fingerprint density at radius 3 is 1.61 bits per heavy atom. The molecule has 3 aromatic heterocycles. The molecule has 0 aliphatic carbocycles. The van der Waals surface area contributed by atoms with Crippen molar-refractivity contribution in [1.82, 2.24) is 15.0 Å². The van der Waals surface area contributed by atoms with Crippen LogP contribution in [0.25, 0.3) is 22.8 Å². The topological polar surface area (TPSA) is 44.5 Å². The number of aromatic nitrogens is 3. The van der Waals surface area contributed by atoms with Gasteiger partial charge in [0.15, 0.2) is 0 Å². The Bertz CT molecular complexity index is 629. The van der Waals surface area contributed by atoms with E-state index in [1.165, 1.54) is 0 Å². The Hall–Kier alpha value is -0.830. The maximum Gasteiger partial charge on any atom is 0.0872 e. The minimum Gasteiger partial charge on any atom is -0.349 e. The molecule has 0 amide bonds. The zero-order valence-corrected chi connectivity index (χ0v) is 13.6. The van der Waals surface area contributed by atoms with Crippen molar-refractivity contribution in [2.45, 2.75) is 0 Å². The van der Waals surface area contributed by atoms with E-state index in [9.17, 15) is 0 Å². The molecule has 0 unspecified atom stereocenters. The summed E-state index contributed by atoms with van der Waals surface area (Å²) in [5, 5.41) is 0. The Balaban J connectivity index is 2.04. The van der Waals surface area contributed by atoms with Crippen LogP contribution in [0.4, 0.5) is 0 Å². The fourth-order valence-corrected chi connectivity index (χ4v) is 2.71. The number of halogens is 2. The molecular weight excluding hydrogens is 452 g/mol. The summed E-state index contributed by atoms with van der Waals surface area (Å²) in [6.45, 7) is 0. The number of nitrogens with zero attached hydrogens (tertiary/aromatic N) is 1. The van der Waals surface area contributed by atoms with Crippen molar-refractivity contribution >= 4 is 45.2 Å². The van der Waals surface area contributed by atoms with Crippen LogP contribution in [0.3, 0.4) is 0 Å². The van der Waals surface area contributed by atoms with Gasteiger partial charge >= 0.3 is 0 Å². The lowest BCUT2D eigenvalue weighted by atomic mass is 10.2. The van der Waals surface area contributed by atoms with Crippen LogP contribution in [0, 0.1) is 7.40 Å². The highest BCUT2D eigenvalue weighted by Gasteiger charge is 2.06. The van der Waals surface area contributed by atoms with Crippen LogP contribution >= 0.6 is 45.2 Å². The third-order valence-electron chi connectivity index (χ3n) is 2.60. The monoisotopic (exact) mass is 461 g/mol. The largest absolute Gasteiger partial charge is 0.349 e. The van der Waals surface area contributed by atoms with Crippen LogP contribution in [-0.2, 0) is 0 Å². The third-order valence-corrected chi connectivity index (χ3v) is 3.86. The van der Waals surface area contributed by atoms with Crippen molar-refractivity contribution in [3.05, 3.63) is 49.9 Å². The quantitative estimate of drug-likeness (QED) is 0.551. The molecule has 0 atom stereocenters. The Morgan fingerprint density at radius 1 is 0.722 bits per heavy atom. The zero-order chi connectivity index (χ0) is 12.5. The molecule has 0 radical (unpaired) electrons. The average molecular weight is 461 g/mol. The second-order valence-corrected chi connectivity index (χ2v) is 6.17. The van der Waals surface area contributed by atoms with Gasteiger partial charge in [-0.05, 0) is 81.6 Å². The van der Waals surface area contributed by atoms with Crippen molar-refractivity contribution in [1.29, 1.82) is 0 Å². The fourth-order valence-electron chi connectivity index (χ4n) is 1.77. The second-order valence-electron chi connectivity index (χ2n) is 3.85. The Kier molecular flexibility index (Phi) is 3.42. The molecule has 3 aromatic rings. The first-order valence-corrected chi connectivity index (χ1v) is 7.55. The Labute approximate surface area is 132 Å². The average Bonchev–Trinajstić information content (AvgIpc) is 2.98. The van der Waals surface area contributed by atoms with Gasteiger partial charge in [-0.25, -0.2) is 4.98 Å². The number of hydrogen-bond acceptors (Lipinski definition) is 1. The van der Waals surface area contributed by atoms with E-state index < -0.39 is 0 Å². The van der Waals surface area contributed by atoms with Crippen LogP contribution in [0.15, 0.2) is 42.5 Å². The molecule has 0 aromatic carbocycles. The molecule has 0 saturated heterocycles. The molecule has 2 N–H and O–H groups in total. The van der Waals surface area contributed by atoms with Gasteiger partial charge in [0.25, 0.3) is 0 Å². The molecule has 90 valence electrons. The molecule has 5 heteroatoms. The Morgan fingerprint density at radius 2 is 1.22 bits per heavy atom. The number of rotatable bonds is 2. The SMILES string of the molecule is Ic1ccc(-c2cccc(-c3ccc(I)[nH]3)n2)[nH]1. The van der Waals surface area contributed by atoms with E-state index in [0.29, 0.717) is 0 Å². The summed E-state index contributed by atoms with van der Waals surface area (Å²) < 4.78 is 2.23. The number of aromatic amines is 2. The van der Waals surface area contributed by atoms with E-state index in [2.05, 4.69) is 60.1 Å². The van der Waals surface area contributed by atoms with Crippen molar-refractivity contribution in [2.75, 3.05) is 0 Å². The highest BCUT2D eigenvalue weighted by Crippen LogP contribution is 2.22. The van der Waals surface area contributed by atoms with Gasteiger partial charge in [0.05, 0.1) is 30.2 Å². The van der Waals surface area contributed by atoms with Crippen LogP contribution < -0.4 is 0 Å². The summed E-state index contributed by atoms with van der Waals surface area (Å²) in [6, 6.07) is 14.2. The predicted molar refractivity (Wildman–Crippen MR) is 89.2 cm³/mol. The lowest BCUT2D eigenvalue weighted by molar-refractivity contribution is 1.24. The van der Waals surface area contributed by atoms with Gasteiger partial charge in [-0.1, -0.05) is 6.07 Å². The van der Waals surface area contributed by atoms with Crippen LogP contribution in [0.5, 0.6) is 0 Å². The summed E-state index contributed by atoms with van der Waals surface area (Å²) in [4.78, 5) is 11.2. The molecular formula is C13H9I2N3. The maximum absolute atomic E-state index is 4.67. The first-order valence-electron chi connectivity index (χ1n) is 5.39. The van der Waals surface area contributed by atoms with Crippen molar-refractivity contribution in [2.24, 2.45) is 0 Å². The van der Waals surface area contributed by atoms with Crippen LogP contribution in [-0.4, -0.2) is 15.0 Å². The molecule has 0 aliphatic rings. The molecule has 3 nitrogen and oxygen atoms in total. The molecule has 0 spiro atoms. The van der Waals surface area contributed by atoms with Gasteiger partial charge in [-0.2, -0.15) is 0 Å². The number of pyridine rings is 1. The van der Waals surface area contributed by atoms with E-state index >= 15 is 0 Å². The first kappa shape index (κ1) is 12.2. The van der Waals surface area contributed by atoms with E-state index in [4.69, 9.17) is 0 Å². The van der Waals surface area contributed by atoms with Crippen LogP contribution in [0.1, 0.15) is 0 Å². The molecule has 18 heavy (non-hydrogen) atoms.